The average molecular weight is 191 g/mol. The molecular formula is C11H13NO2. The molecule has 14 heavy (non-hydrogen) atoms. The van der Waals surface area contributed by atoms with Gasteiger partial charge in [0, 0.05) is 12.5 Å². The fourth-order valence-corrected chi connectivity index (χ4v) is 1.57. The standard InChI is InChI=1S/C11H13NO2/c13-10-4-2-1-3-9(10)11(14)7-8-5-6-12-8/h1-4,8,12-13H,5-7H2. The lowest BCUT2D eigenvalue weighted by Gasteiger charge is -2.26. The minimum atomic E-state index is 0.0142. The first-order chi connectivity index (χ1) is 6.77. The van der Waals surface area contributed by atoms with Crippen LogP contribution in [-0.2, 0) is 0 Å². The predicted molar refractivity (Wildman–Crippen MR) is 53.5 cm³/mol. The van der Waals surface area contributed by atoms with Crippen molar-refractivity contribution in [2.45, 2.75) is 18.9 Å². The molecule has 1 fully saturated rings. The highest BCUT2D eigenvalue weighted by Crippen LogP contribution is 2.19. The molecular weight excluding hydrogens is 178 g/mol. The Morgan fingerprint density at radius 1 is 1.50 bits per heavy atom. The summed E-state index contributed by atoms with van der Waals surface area (Å²) in [4.78, 5) is 11.7. The molecule has 0 aromatic heterocycles. The maximum atomic E-state index is 11.7. The minimum Gasteiger partial charge on any atom is -0.507 e. The fraction of sp³-hybridized carbons (Fsp3) is 0.364. The van der Waals surface area contributed by atoms with Crippen LogP contribution in [0.1, 0.15) is 23.2 Å². The van der Waals surface area contributed by atoms with E-state index in [1.165, 1.54) is 0 Å². The molecule has 1 aromatic carbocycles. The highest BCUT2D eigenvalue weighted by molar-refractivity contribution is 5.98. The van der Waals surface area contributed by atoms with Gasteiger partial charge in [-0.1, -0.05) is 12.1 Å². The molecule has 0 amide bonds. The van der Waals surface area contributed by atoms with Crippen LogP contribution in [0.2, 0.25) is 0 Å². The van der Waals surface area contributed by atoms with E-state index >= 15 is 0 Å². The molecule has 1 saturated heterocycles. The molecule has 3 nitrogen and oxygen atoms in total. The molecule has 1 unspecified atom stereocenters. The Balaban J connectivity index is 2.06. The summed E-state index contributed by atoms with van der Waals surface area (Å²) in [6.07, 6.45) is 1.54. The van der Waals surface area contributed by atoms with Gasteiger partial charge in [-0.05, 0) is 25.1 Å². The van der Waals surface area contributed by atoms with Crippen molar-refractivity contribution in [3.05, 3.63) is 29.8 Å². The first-order valence-corrected chi connectivity index (χ1v) is 4.82. The van der Waals surface area contributed by atoms with Crippen molar-refractivity contribution < 1.29 is 9.90 Å². The largest absolute Gasteiger partial charge is 0.507 e. The van der Waals surface area contributed by atoms with Crippen LogP contribution in [0.4, 0.5) is 0 Å². The maximum Gasteiger partial charge on any atom is 0.168 e. The number of rotatable bonds is 3. The second kappa shape index (κ2) is 3.80. The molecule has 2 N–H and O–H groups in total. The molecule has 1 aliphatic heterocycles. The zero-order valence-corrected chi connectivity index (χ0v) is 7.86. The van der Waals surface area contributed by atoms with Gasteiger partial charge in [0.15, 0.2) is 5.78 Å². The number of phenols is 1. The molecule has 1 aromatic rings. The smallest absolute Gasteiger partial charge is 0.168 e. The van der Waals surface area contributed by atoms with Gasteiger partial charge >= 0.3 is 0 Å². The maximum absolute atomic E-state index is 11.7. The summed E-state index contributed by atoms with van der Waals surface area (Å²) in [5, 5.41) is 12.6. The number of carbonyl (C=O) groups excluding carboxylic acids is 1. The highest BCUT2D eigenvalue weighted by atomic mass is 16.3. The SMILES string of the molecule is O=C(CC1CCN1)c1ccccc1O. The number of hydrogen-bond donors (Lipinski definition) is 2. The van der Waals surface area contributed by atoms with Crippen molar-refractivity contribution in [3.8, 4) is 5.75 Å². The molecule has 0 bridgehead atoms. The van der Waals surface area contributed by atoms with Gasteiger partial charge in [-0.3, -0.25) is 4.79 Å². The number of carbonyl (C=O) groups is 1. The summed E-state index contributed by atoms with van der Waals surface area (Å²) in [6, 6.07) is 6.99. The molecule has 2 rings (SSSR count). The lowest BCUT2D eigenvalue weighted by Crippen LogP contribution is -2.44. The van der Waals surface area contributed by atoms with Gasteiger partial charge in [-0.15, -0.1) is 0 Å². The number of nitrogens with one attached hydrogen (secondary N) is 1. The van der Waals surface area contributed by atoms with Gasteiger partial charge in [0.05, 0.1) is 5.56 Å². The van der Waals surface area contributed by atoms with Crippen LogP contribution < -0.4 is 5.32 Å². The van der Waals surface area contributed by atoms with Crippen LogP contribution >= 0.6 is 0 Å². The van der Waals surface area contributed by atoms with Crippen LogP contribution in [0, 0.1) is 0 Å². The van der Waals surface area contributed by atoms with E-state index in [9.17, 15) is 9.90 Å². The molecule has 1 atom stereocenters. The topological polar surface area (TPSA) is 49.3 Å². The molecule has 3 heteroatoms. The Labute approximate surface area is 82.8 Å². The number of phenolic OH excluding ortho intramolecular Hbond substituents is 1. The Kier molecular flexibility index (Phi) is 2.50. The third kappa shape index (κ3) is 1.77. The van der Waals surface area contributed by atoms with Crippen molar-refractivity contribution in [1.82, 2.24) is 5.32 Å². The summed E-state index contributed by atoms with van der Waals surface area (Å²) in [5.74, 6) is 0.0946. The second-order valence-electron chi connectivity index (χ2n) is 3.58. The van der Waals surface area contributed by atoms with Crippen molar-refractivity contribution in [2.24, 2.45) is 0 Å². The molecule has 0 aliphatic carbocycles. The van der Waals surface area contributed by atoms with Crippen LogP contribution in [0.3, 0.4) is 0 Å². The third-order valence-electron chi connectivity index (χ3n) is 2.56. The van der Waals surface area contributed by atoms with Crippen molar-refractivity contribution >= 4 is 5.78 Å². The van der Waals surface area contributed by atoms with Crippen molar-refractivity contribution in [3.63, 3.8) is 0 Å². The molecule has 74 valence electrons. The summed E-state index contributed by atoms with van der Waals surface area (Å²) in [7, 11) is 0. The lowest BCUT2D eigenvalue weighted by molar-refractivity contribution is 0.0953. The van der Waals surface area contributed by atoms with E-state index in [0.29, 0.717) is 18.0 Å². The number of aromatic hydroxyl groups is 1. The summed E-state index contributed by atoms with van der Waals surface area (Å²) < 4.78 is 0. The van der Waals surface area contributed by atoms with E-state index in [1.807, 2.05) is 0 Å². The van der Waals surface area contributed by atoms with Gasteiger partial charge in [0.1, 0.15) is 5.75 Å². The van der Waals surface area contributed by atoms with E-state index in [-0.39, 0.29) is 11.5 Å². The van der Waals surface area contributed by atoms with Gasteiger partial charge in [0.25, 0.3) is 0 Å². The summed E-state index contributed by atoms with van der Waals surface area (Å²) in [6.45, 7) is 0.999. The van der Waals surface area contributed by atoms with Crippen LogP contribution in [0.25, 0.3) is 0 Å². The second-order valence-corrected chi connectivity index (χ2v) is 3.58. The first kappa shape index (κ1) is 9.21. The van der Waals surface area contributed by atoms with E-state index in [0.717, 1.165) is 13.0 Å². The van der Waals surface area contributed by atoms with E-state index in [4.69, 9.17) is 0 Å². The molecule has 0 radical (unpaired) electrons. The Morgan fingerprint density at radius 3 is 2.79 bits per heavy atom. The monoisotopic (exact) mass is 191 g/mol. The zero-order valence-electron chi connectivity index (χ0n) is 7.86. The molecule has 0 saturated carbocycles. The predicted octanol–water partition coefficient (Wildman–Crippen LogP) is 1.33. The van der Waals surface area contributed by atoms with Gasteiger partial charge in [-0.25, -0.2) is 0 Å². The number of para-hydroxylation sites is 1. The van der Waals surface area contributed by atoms with E-state index < -0.39 is 0 Å². The van der Waals surface area contributed by atoms with Crippen LogP contribution in [-0.4, -0.2) is 23.5 Å². The number of ketones is 1. The highest BCUT2D eigenvalue weighted by Gasteiger charge is 2.21. The van der Waals surface area contributed by atoms with Gasteiger partial charge in [-0.2, -0.15) is 0 Å². The van der Waals surface area contributed by atoms with Crippen LogP contribution in [0.5, 0.6) is 5.75 Å². The quantitative estimate of drug-likeness (QED) is 0.708. The Hall–Kier alpha value is -1.35. The number of benzene rings is 1. The van der Waals surface area contributed by atoms with Gasteiger partial charge < -0.3 is 10.4 Å². The van der Waals surface area contributed by atoms with E-state index in [1.54, 1.807) is 24.3 Å². The van der Waals surface area contributed by atoms with Gasteiger partial charge in [0.2, 0.25) is 0 Å². The first-order valence-electron chi connectivity index (χ1n) is 4.82. The molecule has 1 heterocycles. The summed E-state index contributed by atoms with van der Waals surface area (Å²) in [5.41, 5.74) is 0.432. The Bertz CT molecular complexity index is 345. The van der Waals surface area contributed by atoms with E-state index in [2.05, 4.69) is 5.32 Å². The van der Waals surface area contributed by atoms with Crippen LogP contribution in [0.15, 0.2) is 24.3 Å². The number of Topliss-reactive ketones (excluding diaryl/α,β-unsaturated/α-hetero) is 1. The fourth-order valence-electron chi connectivity index (χ4n) is 1.57. The Morgan fingerprint density at radius 2 is 2.21 bits per heavy atom. The third-order valence-corrected chi connectivity index (χ3v) is 2.56. The van der Waals surface area contributed by atoms with Crippen molar-refractivity contribution in [1.29, 1.82) is 0 Å². The minimum absolute atomic E-state index is 0.0142. The average Bonchev–Trinajstić information content (AvgIpc) is 2.12. The molecule has 1 aliphatic rings. The number of hydrogen-bond acceptors (Lipinski definition) is 3. The lowest BCUT2D eigenvalue weighted by atomic mass is 9.97. The normalized spacial score (nSPS) is 20.1. The molecule has 0 spiro atoms. The summed E-state index contributed by atoms with van der Waals surface area (Å²) >= 11 is 0. The van der Waals surface area contributed by atoms with Crippen molar-refractivity contribution in [2.75, 3.05) is 6.54 Å². The zero-order chi connectivity index (χ0) is 9.97.